The number of amides is 2. The third-order valence-corrected chi connectivity index (χ3v) is 3.26. The van der Waals surface area contributed by atoms with E-state index in [1.165, 1.54) is 5.56 Å². The molecular formula is C16H20N4O. The van der Waals surface area contributed by atoms with Gasteiger partial charge in [0.1, 0.15) is 5.82 Å². The van der Waals surface area contributed by atoms with E-state index in [1.54, 1.807) is 6.20 Å². The molecule has 0 fully saturated rings. The molecular weight excluding hydrogens is 264 g/mol. The summed E-state index contributed by atoms with van der Waals surface area (Å²) in [5.74, 6) is 0.535. The number of rotatable bonds is 4. The van der Waals surface area contributed by atoms with Crippen molar-refractivity contribution in [3.05, 3.63) is 53.7 Å². The van der Waals surface area contributed by atoms with Crippen molar-refractivity contribution >= 4 is 17.5 Å². The summed E-state index contributed by atoms with van der Waals surface area (Å²) in [6, 6.07) is 11.4. The van der Waals surface area contributed by atoms with Gasteiger partial charge in [0.15, 0.2) is 0 Å². The van der Waals surface area contributed by atoms with Crippen LogP contribution in [0, 0.1) is 6.92 Å². The first-order valence-electron chi connectivity index (χ1n) is 6.86. The van der Waals surface area contributed by atoms with Crippen LogP contribution in [0.4, 0.5) is 16.3 Å². The molecule has 5 nitrogen and oxygen atoms in total. The van der Waals surface area contributed by atoms with E-state index in [9.17, 15) is 4.79 Å². The predicted molar refractivity (Wildman–Crippen MR) is 85.5 cm³/mol. The highest BCUT2D eigenvalue weighted by Crippen LogP contribution is 2.16. The maximum Gasteiger partial charge on any atom is 0.324 e. The number of hydrogen-bond donors (Lipinski definition) is 3. The zero-order chi connectivity index (χ0) is 15.2. The molecule has 0 saturated heterocycles. The van der Waals surface area contributed by atoms with E-state index < -0.39 is 0 Å². The number of carbonyl (C=O) groups excluding carboxylic acids is 1. The van der Waals surface area contributed by atoms with Crippen LogP contribution in [0.15, 0.2) is 42.6 Å². The number of urea groups is 1. The Morgan fingerprint density at radius 2 is 1.86 bits per heavy atom. The summed E-state index contributed by atoms with van der Waals surface area (Å²) in [6.07, 6.45) is 1.67. The van der Waals surface area contributed by atoms with E-state index in [-0.39, 0.29) is 12.1 Å². The number of anilines is 2. The van der Waals surface area contributed by atoms with Gasteiger partial charge in [0, 0.05) is 17.9 Å². The van der Waals surface area contributed by atoms with E-state index in [4.69, 9.17) is 0 Å². The number of hydrogen-bond acceptors (Lipinski definition) is 3. The van der Waals surface area contributed by atoms with Gasteiger partial charge in [-0.3, -0.25) is 5.32 Å². The van der Waals surface area contributed by atoms with Crippen molar-refractivity contribution in [2.75, 3.05) is 17.7 Å². The Balaban J connectivity index is 1.96. The van der Waals surface area contributed by atoms with Gasteiger partial charge in [-0.05, 0) is 56.3 Å². The van der Waals surface area contributed by atoms with Crippen LogP contribution in [0.1, 0.15) is 24.1 Å². The predicted octanol–water partition coefficient (Wildman–Crippen LogP) is 3.31. The summed E-state index contributed by atoms with van der Waals surface area (Å²) >= 11 is 0. The standard InChI is InChI=1S/C16H20N4O/c1-11-8-9-18-15(10-11)20-16(21)19-14-6-4-13(5-7-14)12(2)17-3/h4-10,12,17H,1-3H3,(H2,18,19,20,21). The lowest BCUT2D eigenvalue weighted by Gasteiger charge is -2.12. The molecule has 3 N–H and O–H groups in total. The van der Waals surface area contributed by atoms with E-state index in [0.717, 1.165) is 11.3 Å². The van der Waals surface area contributed by atoms with E-state index in [0.29, 0.717) is 5.82 Å². The largest absolute Gasteiger partial charge is 0.324 e. The Morgan fingerprint density at radius 1 is 1.14 bits per heavy atom. The third kappa shape index (κ3) is 4.29. The van der Waals surface area contributed by atoms with Crippen molar-refractivity contribution in [1.29, 1.82) is 0 Å². The van der Waals surface area contributed by atoms with Gasteiger partial charge in [-0.1, -0.05) is 12.1 Å². The molecule has 0 saturated carbocycles. The highest BCUT2D eigenvalue weighted by molar-refractivity contribution is 5.99. The number of aryl methyl sites for hydroxylation is 1. The molecule has 0 radical (unpaired) electrons. The first-order chi connectivity index (χ1) is 10.1. The fraction of sp³-hybridized carbons (Fsp3) is 0.250. The van der Waals surface area contributed by atoms with Crippen molar-refractivity contribution in [2.45, 2.75) is 19.9 Å². The van der Waals surface area contributed by atoms with Gasteiger partial charge < -0.3 is 10.6 Å². The fourth-order valence-corrected chi connectivity index (χ4v) is 1.90. The second-order valence-corrected chi connectivity index (χ2v) is 4.93. The van der Waals surface area contributed by atoms with Crippen LogP contribution < -0.4 is 16.0 Å². The number of nitrogens with zero attached hydrogens (tertiary/aromatic N) is 1. The number of pyridine rings is 1. The zero-order valence-corrected chi connectivity index (χ0v) is 12.5. The molecule has 2 amide bonds. The van der Waals surface area contributed by atoms with Gasteiger partial charge in [-0.25, -0.2) is 9.78 Å². The average Bonchev–Trinajstić information content (AvgIpc) is 2.47. The first kappa shape index (κ1) is 15.0. The molecule has 1 aromatic carbocycles. The Kier molecular flexibility index (Phi) is 4.90. The molecule has 1 atom stereocenters. The fourth-order valence-electron chi connectivity index (χ4n) is 1.90. The first-order valence-corrected chi connectivity index (χ1v) is 6.86. The summed E-state index contributed by atoms with van der Waals surface area (Å²) in [4.78, 5) is 16.0. The number of benzene rings is 1. The van der Waals surface area contributed by atoms with Gasteiger partial charge >= 0.3 is 6.03 Å². The molecule has 0 bridgehead atoms. The SMILES string of the molecule is CNC(C)c1ccc(NC(=O)Nc2cc(C)ccn2)cc1. The average molecular weight is 284 g/mol. The van der Waals surface area contributed by atoms with Crippen molar-refractivity contribution in [2.24, 2.45) is 0 Å². The van der Waals surface area contributed by atoms with E-state index >= 15 is 0 Å². The van der Waals surface area contributed by atoms with Crippen LogP contribution >= 0.6 is 0 Å². The highest BCUT2D eigenvalue weighted by Gasteiger charge is 2.05. The normalized spacial score (nSPS) is 11.8. The van der Waals surface area contributed by atoms with Crippen LogP contribution in [-0.4, -0.2) is 18.1 Å². The molecule has 1 heterocycles. The minimum atomic E-state index is -0.303. The lowest BCUT2D eigenvalue weighted by molar-refractivity contribution is 0.262. The highest BCUT2D eigenvalue weighted by atomic mass is 16.2. The lowest BCUT2D eigenvalue weighted by atomic mass is 10.1. The Labute approximate surface area is 124 Å². The van der Waals surface area contributed by atoms with Gasteiger partial charge in [-0.15, -0.1) is 0 Å². The number of carbonyl (C=O) groups is 1. The van der Waals surface area contributed by atoms with E-state index in [1.807, 2.05) is 50.4 Å². The molecule has 2 aromatic rings. The maximum atomic E-state index is 11.9. The van der Waals surface area contributed by atoms with Crippen molar-refractivity contribution < 1.29 is 4.79 Å². The van der Waals surface area contributed by atoms with Crippen LogP contribution in [0.25, 0.3) is 0 Å². The molecule has 1 unspecified atom stereocenters. The second kappa shape index (κ2) is 6.85. The van der Waals surface area contributed by atoms with Crippen molar-refractivity contribution in [1.82, 2.24) is 10.3 Å². The van der Waals surface area contributed by atoms with Crippen LogP contribution in [0.2, 0.25) is 0 Å². The van der Waals surface area contributed by atoms with Crippen LogP contribution in [0.3, 0.4) is 0 Å². The Bertz CT molecular complexity index is 610. The van der Waals surface area contributed by atoms with Gasteiger partial charge in [0.2, 0.25) is 0 Å². The molecule has 0 aliphatic rings. The van der Waals surface area contributed by atoms with Gasteiger partial charge in [0.25, 0.3) is 0 Å². The number of nitrogens with one attached hydrogen (secondary N) is 3. The lowest BCUT2D eigenvalue weighted by Crippen LogP contribution is -2.20. The molecule has 5 heteroatoms. The van der Waals surface area contributed by atoms with Crippen LogP contribution in [-0.2, 0) is 0 Å². The summed E-state index contributed by atoms with van der Waals surface area (Å²) in [7, 11) is 1.92. The van der Waals surface area contributed by atoms with Crippen molar-refractivity contribution in [3.8, 4) is 0 Å². The topological polar surface area (TPSA) is 66.0 Å². The molecule has 1 aromatic heterocycles. The number of aromatic nitrogens is 1. The smallest absolute Gasteiger partial charge is 0.313 e. The zero-order valence-electron chi connectivity index (χ0n) is 12.5. The Morgan fingerprint density at radius 3 is 2.48 bits per heavy atom. The minimum Gasteiger partial charge on any atom is -0.313 e. The summed E-state index contributed by atoms with van der Waals surface area (Å²) < 4.78 is 0. The second-order valence-electron chi connectivity index (χ2n) is 4.93. The molecule has 0 spiro atoms. The van der Waals surface area contributed by atoms with Gasteiger partial charge in [0.05, 0.1) is 0 Å². The third-order valence-electron chi connectivity index (χ3n) is 3.26. The molecule has 21 heavy (non-hydrogen) atoms. The van der Waals surface area contributed by atoms with Crippen molar-refractivity contribution in [3.63, 3.8) is 0 Å². The molecule has 2 rings (SSSR count). The minimum absolute atomic E-state index is 0.282. The monoisotopic (exact) mass is 284 g/mol. The van der Waals surface area contributed by atoms with Gasteiger partial charge in [-0.2, -0.15) is 0 Å². The molecule has 110 valence electrons. The quantitative estimate of drug-likeness (QED) is 0.807. The summed E-state index contributed by atoms with van der Waals surface area (Å²) in [6.45, 7) is 4.03. The van der Waals surface area contributed by atoms with E-state index in [2.05, 4.69) is 27.9 Å². The maximum absolute atomic E-state index is 11.9. The molecule has 0 aliphatic heterocycles. The summed E-state index contributed by atoms with van der Waals surface area (Å²) in [5, 5.41) is 8.66. The Hall–Kier alpha value is -2.40. The summed E-state index contributed by atoms with van der Waals surface area (Å²) in [5.41, 5.74) is 2.96. The van der Waals surface area contributed by atoms with Crippen LogP contribution in [0.5, 0.6) is 0 Å². The molecule has 0 aliphatic carbocycles.